The molecule has 0 bridgehead atoms. The van der Waals surface area contributed by atoms with Gasteiger partial charge < -0.3 is 14.5 Å². The third-order valence-corrected chi connectivity index (χ3v) is 5.06. The molecule has 2 aromatic rings. The predicted octanol–water partition coefficient (Wildman–Crippen LogP) is 1.79. The van der Waals surface area contributed by atoms with E-state index in [0.717, 1.165) is 18.5 Å². The highest BCUT2D eigenvalue weighted by Crippen LogP contribution is 2.21. The maximum atomic E-state index is 12.8. The average molecular weight is 381 g/mol. The number of nitrogens with zero attached hydrogens (tertiary/aromatic N) is 5. The van der Waals surface area contributed by atoms with Gasteiger partial charge in [0.1, 0.15) is 19.0 Å². The molecule has 3 amide bonds. The quantitative estimate of drug-likeness (QED) is 0.789. The van der Waals surface area contributed by atoms with Crippen LogP contribution in [0.25, 0.3) is 0 Å². The molecule has 1 aromatic carbocycles. The number of benzene rings is 1. The predicted molar refractivity (Wildman–Crippen MR) is 103 cm³/mol. The number of likely N-dealkylation sites (tertiary alicyclic amines) is 1. The highest BCUT2D eigenvalue weighted by atomic mass is 16.5. The van der Waals surface area contributed by atoms with Crippen LogP contribution in [0, 0.1) is 0 Å². The number of hydrogen-bond acceptors (Lipinski definition) is 5. The summed E-state index contributed by atoms with van der Waals surface area (Å²) >= 11 is 0. The topological polar surface area (TPSA) is 78.9 Å². The SMILES string of the molecule is O=C(CN1CCN(c2ccccc2)C1=O)N1CCCC(Oc2ccncn2)C1. The van der Waals surface area contributed by atoms with Crippen molar-refractivity contribution < 1.29 is 14.3 Å². The number of carbonyl (C=O) groups excluding carboxylic acids is 2. The van der Waals surface area contributed by atoms with Crippen LogP contribution in [-0.4, -0.2) is 70.5 Å². The number of piperidine rings is 1. The van der Waals surface area contributed by atoms with Gasteiger partial charge in [-0.3, -0.25) is 9.69 Å². The lowest BCUT2D eigenvalue weighted by Gasteiger charge is -2.33. The molecule has 0 spiro atoms. The van der Waals surface area contributed by atoms with E-state index >= 15 is 0 Å². The number of hydrogen-bond donors (Lipinski definition) is 0. The molecule has 0 aliphatic carbocycles. The van der Waals surface area contributed by atoms with Crippen molar-refractivity contribution in [2.75, 3.05) is 37.6 Å². The van der Waals surface area contributed by atoms with Crippen LogP contribution in [-0.2, 0) is 4.79 Å². The smallest absolute Gasteiger partial charge is 0.325 e. The summed E-state index contributed by atoms with van der Waals surface area (Å²) in [5, 5.41) is 0. The molecule has 0 N–H and O–H groups in total. The van der Waals surface area contributed by atoms with Gasteiger partial charge in [0.15, 0.2) is 0 Å². The van der Waals surface area contributed by atoms with E-state index in [0.29, 0.717) is 32.1 Å². The van der Waals surface area contributed by atoms with Crippen LogP contribution in [0.4, 0.5) is 10.5 Å². The van der Waals surface area contributed by atoms with E-state index in [4.69, 9.17) is 4.74 Å². The van der Waals surface area contributed by atoms with Gasteiger partial charge >= 0.3 is 6.03 Å². The Hall–Kier alpha value is -3.16. The Morgan fingerprint density at radius 3 is 2.79 bits per heavy atom. The Kier molecular flexibility index (Phi) is 5.36. The van der Waals surface area contributed by atoms with E-state index < -0.39 is 0 Å². The highest BCUT2D eigenvalue weighted by Gasteiger charge is 2.33. The molecule has 8 heteroatoms. The number of carbonyl (C=O) groups is 2. The summed E-state index contributed by atoms with van der Waals surface area (Å²) in [6.45, 7) is 2.44. The monoisotopic (exact) mass is 381 g/mol. The molecule has 2 fully saturated rings. The van der Waals surface area contributed by atoms with Crippen LogP contribution >= 0.6 is 0 Å². The van der Waals surface area contributed by atoms with Crippen molar-refractivity contribution in [3.8, 4) is 5.88 Å². The third-order valence-electron chi connectivity index (χ3n) is 5.06. The lowest BCUT2D eigenvalue weighted by Crippen LogP contribution is -2.48. The number of urea groups is 1. The lowest BCUT2D eigenvalue weighted by atomic mass is 10.1. The Morgan fingerprint density at radius 2 is 2.00 bits per heavy atom. The molecule has 146 valence electrons. The van der Waals surface area contributed by atoms with Gasteiger partial charge in [-0.05, 0) is 25.0 Å². The zero-order valence-electron chi connectivity index (χ0n) is 15.6. The molecular formula is C20H23N5O3. The summed E-state index contributed by atoms with van der Waals surface area (Å²) in [6.07, 6.45) is 4.72. The minimum atomic E-state index is -0.120. The van der Waals surface area contributed by atoms with Crippen molar-refractivity contribution in [3.63, 3.8) is 0 Å². The second-order valence-electron chi connectivity index (χ2n) is 6.96. The molecule has 2 saturated heterocycles. The van der Waals surface area contributed by atoms with Crippen LogP contribution in [0.2, 0.25) is 0 Å². The summed E-state index contributed by atoms with van der Waals surface area (Å²) in [7, 11) is 0. The van der Waals surface area contributed by atoms with Crippen LogP contribution < -0.4 is 9.64 Å². The zero-order valence-corrected chi connectivity index (χ0v) is 15.6. The second kappa shape index (κ2) is 8.24. The second-order valence-corrected chi connectivity index (χ2v) is 6.96. The normalized spacial score (nSPS) is 19.8. The number of aromatic nitrogens is 2. The Morgan fingerprint density at radius 1 is 1.14 bits per heavy atom. The maximum Gasteiger partial charge on any atom is 0.325 e. The molecule has 4 rings (SSSR count). The van der Waals surface area contributed by atoms with E-state index in [-0.39, 0.29) is 24.6 Å². The first-order valence-electron chi connectivity index (χ1n) is 9.52. The zero-order chi connectivity index (χ0) is 19.3. The molecule has 2 aliphatic rings. The summed E-state index contributed by atoms with van der Waals surface area (Å²) < 4.78 is 5.87. The third kappa shape index (κ3) is 4.05. The van der Waals surface area contributed by atoms with Crippen molar-refractivity contribution in [1.82, 2.24) is 19.8 Å². The summed E-state index contributed by atoms with van der Waals surface area (Å²) in [5.41, 5.74) is 0.860. The number of rotatable bonds is 5. The fourth-order valence-electron chi connectivity index (χ4n) is 3.62. The van der Waals surface area contributed by atoms with E-state index in [1.165, 1.54) is 6.33 Å². The highest BCUT2D eigenvalue weighted by molar-refractivity contribution is 5.96. The fraction of sp³-hybridized carbons (Fsp3) is 0.400. The van der Waals surface area contributed by atoms with Crippen LogP contribution in [0.3, 0.4) is 0 Å². The summed E-state index contributed by atoms with van der Waals surface area (Å²) in [6, 6.07) is 11.1. The minimum absolute atomic E-state index is 0.0424. The van der Waals surface area contributed by atoms with E-state index in [2.05, 4.69) is 9.97 Å². The molecule has 0 radical (unpaired) electrons. The average Bonchev–Trinajstić information content (AvgIpc) is 3.10. The molecule has 8 nitrogen and oxygen atoms in total. The molecule has 1 unspecified atom stereocenters. The largest absolute Gasteiger partial charge is 0.472 e. The Balaban J connectivity index is 1.33. The first-order valence-corrected chi connectivity index (χ1v) is 9.52. The van der Waals surface area contributed by atoms with Gasteiger partial charge in [0, 0.05) is 37.6 Å². The van der Waals surface area contributed by atoms with Crippen molar-refractivity contribution in [3.05, 3.63) is 48.9 Å². The van der Waals surface area contributed by atoms with Crippen molar-refractivity contribution >= 4 is 17.6 Å². The number of anilines is 1. The van der Waals surface area contributed by atoms with E-state index in [1.807, 2.05) is 30.3 Å². The van der Waals surface area contributed by atoms with Gasteiger partial charge in [-0.15, -0.1) is 0 Å². The molecule has 0 saturated carbocycles. The number of ether oxygens (including phenoxy) is 1. The van der Waals surface area contributed by atoms with Gasteiger partial charge in [-0.1, -0.05) is 18.2 Å². The first-order chi connectivity index (χ1) is 13.7. The van der Waals surface area contributed by atoms with Crippen LogP contribution in [0.15, 0.2) is 48.9 Å². The van der Waals surface area contributed by atoms with Crippen LogP contribution in [0.1, 0.15) is 12.8 Å². The molecule has 2 aliphatic heterocycles. The van der Waals surface area contributed by atoms with Gasteiger partial charge in [0.25, 0.3) is 0 Å². The standard InChI is InChI=1S/C20H23N5O3/c26-19(14-24-11-12-25(20(24)27)16-5-2-1-3-6-16)23-10-4-7-17(13-23)28-18-8-9-21-15-22-18/h1-3,5-6,8-9,15,17H,4,7,10-14H2. The summed E-state index contributed by atoms with van der Waals surface area (Å²) in [5.74, 6) is 0.474. The minimum Gasteiger partial charge on any atom is -0.472 e. The van der Waals surface area contributed by atoms with Gasteiger partial charge in [0.2, 0.25) is 11.8 Å². The molecule has 1 aromatic heterocycles. The van der Waals surface area contributed by atoms with Gasteiger partial charge in [0.05, 0.1) is 6.54 Å². The van der Waals surface area contributed by atoms with Crippen molar-refractivity contribution in [2.45, 2.75) is 18.9 Å². The maximum absolute atomic E-state index is 12.8. The van der Waals surface area contributed by atoms with Gasteiger partial charge in [-0.25, -0.2) is 14.8 Å². The lowest BCUT2D eigenvalue weighted by molar-refractivity contribution is -0.134. The molecular weight excluding hydrogens is 358 g/mol. The van der Waals surface area contributed by atoms with Crippen molar-refractivity contribution in [2.24, 2.45) is 0 Å². The Labute approximate surface area is 163 Å². The van der Waals surface area contributed by atoms with E-state index in [1.54, 1.807) is 27.0 Å². The molecule has 3 heterocycles. The van der Waals surface area contributed by atoms with Gasteiger partial charge in [-0.2, -0.15) is 0 Å². The van der Waals surface area contributed by atoms with Crippen molar-refractivity contribution in [1.29, 1.82) is 0 Å². The number of para-hydroxylation sites is 1. The Bertz CT molecular complexity index is 817. The fourth-order valence-corrected chi connectivity index (χ4v) is 3.62. The van der Waals surface area contributed by atoms with Crippen LogP contribution in [0.5, 0.6) is 5.88 Å². The molecule has 1 atom stereocenters. The number of amides is 3. The first kappa shape index (κ1) is 18.2. The summed E-state index contributed by atoms with van der Waals surface area (Å²) in [4.78, 5) is 38.5. The van der Waals surface area contributed by atoms with E-state index in [9.17, 15) is 9.59 Å². The molecule has 28 heavy (non-hydrogen) atoms.